The van der Waals surface area contributed by atoms with Gasteiger partial charge in [-0.05, 0) is 18.6 Å². The van der Waals surface area contributed by atoms with Crippen molar-refractivity contribution in [2.75, 3.05) is 6.61 Å². The van der Waals surface area contributed by atoms with Gasteiger partial charge in [0.15, 0.2) is 0 Å². The highest BCUT2D eigenvalue weighted by atomic mass is 16.3. The van der Waals surface area contributed by atoms with Crippen LogP contribution in [0.4, 0.5) is 0 Å². The summed E-state index contributed by atoms with van der Waals surface area (Å²) in [6.07, 6.45) is 0. The molecule has 0 fully saturated rings. The van der Waals surface area contributed by atoms with E-state index in [0.717, 1.165) is 17.0 Å². The molecule has 3 heteroatoms. The maximum Gasteiger partial charge on any atom is 0.0686 e. The van der Waals surface area contributed by atoms with Gasteiger partial charge in [0, 0.05) is 0 Å². The highest BCUT2D eigenvalue weighted by molar-refractivity contribution is 5.59. The summed E-state index contributed by atoms with van der Waals surface area (Å²) >= 11 is 0. The Morgan fingerprint density at radius 1 is 1.27 bits per heavy atom. The highest BCUT2D eigenvalue weighted by Crippen LogP contribution is 2.19. The van der Waals surface area contributed by atoms with Gasteiger partial charge in [0.2, 0.25) is 0 Å². The first-order valence-electron chi connectivity index (χ1n) is 5.02. The van der Waals surface area contributed by atoms with Gasteiger partial charge in [-0.15, -0.1) is 0 Å². The van der Waals surface area contributed by atoms with Crippen LogP contribution in [0, 0.1) is 6.92 Å². The SMILES string of the molecule is Cc1cc(-c2ccccc2)n(CCO)n1. The van der Waals surface area contributed by atoms with Crippen LogP contribution in [0.5, 0.6) is 0 Å². The van der Waals surface area contributed by atoms with Crippen LogP contribution in [0.3, 0.4) is 0 Å². The van der Waals surface area contributed by atoms with E-state index < -0.39 is 0 Å². The second-order valence-electron chi connectivity index (χ2n) is 3.48. The molecule has 1 aromatic heterocycles. The fourth-order valence-electron chi connectivity index (χ4n) is 1.65. The van der Waals surface area contributed by atoms with Gasteiger partial charge in [0.25, 0.3) is 0 Å². The first-order chi connectivity index (χ1) is 7.31. The molecule has 0 aliphatic rings. The number of aliphatic hydroxyl groups is 1. The Bertz CT molecular complexity index is 434. The summed E-state index contributed by atoms with van der Waals surface area (Å²) in [7, 11) is 0. The minimum Gasteiger partial charge on any atom is -0.394 e. The zero-order valence-corrected chi connectivity index (χ0v) is 8.72. The van der Waals surface area contributed by atoms with Crippen molar-refractivity contribution in [3.05, 3.63) is 42.1 Å². The number of aromatic nitrogens is 2. The van der Waals surface area contributed by atoms with Crippen LogP contribution in [0.25, 0.3) is 11.3 Å². The number of hydrogen-bond acceptors (Lipinski definition) is 2. The average Bonchev–Trinajstić information content (AvgIpc) is 2.62. The standard InChI is InChI=1S/C12H14N2O/c1-10-9-12(14(13-10)7-8-15)11-5-3-2-4-6-11/h2-6,9,15H,7-8H2,1H3. The Balaban J connectivity index is 2.43. The van der Waals surface area contributed by atoms with Gasteiger partial charge < -0.3 is 5.11 Å². The summed E-state index contributed by atoms with van der Waals surface area (Å²) in [6, 6.07) is 12.1. The van der Waals surface area contributed by atoms with Gasteiger partial charge >= 0.3 is 0 Å². The normalized spacial score (nSPS) is 10.5. The second-order valence-corrected chi connectivity index (χ2v) is 3.48. The van der Waals surface area contributed by atoms with Crippen LogP contribution >= 0.6 is 0 Å². The molecule has 0 amide bonds. The zero-order chi connectivity index (χ0) is 10.7. The Hall–Kier alpha value is -1.61. The summed E-state index contributed by atoms with van der Waals surface area (Å²) in [5.74, 6) is 0. The third kappa shape index (κ3) is 2.07. The van der Waals surface area contributed by atoms with Gasteiger partial charge in [-0.3, -0.25) is 4.68 Å². The molecule has 2 rings (SSSR count). The minimum atomic E-state index is 0.112. The van der Waals surface area contributed by atoms with E-state index in [-0.39, 0.29) is 6.61 Å². The molecular weight excluding hydrogens is 188 g/mol. The lowest BCUT2D eigenvalue weighted by Crippen LogP contribution is -2.05. The van der Waals surface area contributed by atoms with E-state index >= 15 is 0 Å². The van der Waals surface area contributed by atoms with Gasteiger partial charge in [0.1, 0.15) is 0 Å². The van der Waals surface area contributed by atoms with Crippen LogP contribution in [-0.4, -0.2) is 21.5 Å². The third-order valence-corrected chi connectivity index (χ3v) is 2.28. The van der Waals surface area contributed by atoms with Crippen molar-refractivity contribution in [3.8, 4) is 11.3 Å². The number of nitrogens with zero attached hydrogens (tertiary/aromatic N) is 2. The Kier molecular flexibility index (Phi) is 2.83. The molecule has 0 saturated carbocycles. The molecule has 0 spiro atoms. The Labute approximate surface area is 89.0 Å². The highest BCUT2D eigenvalue weighted by Gasteiger charge is 2.06. The van der Waals surface area contributed by atoms with Crippen LogP contribution in [0.1, 0.15) is 5.69 Å². The number of aryl methyl sites for hydroxylation is 1. The first kappa shape index (κ1) is 9.93. The van der Waals surface area contributed by atoms with E-state index in [2.05, 4.69) is 5.10 Å². The second kappa shape index (κ2) is 4.28. The van der Waals surface area contributed by atoms with E-state index in [4.69, 9.17) is 5.11 Å². The molecule has 15 heavy (non-hydrogen) atoms. The lowest BCUT2D eigenvalue weighted by molar-refractivity contribution is 0.270. The average molecular weight is 202 g/mol. The molecule has 0 unspecified atom stereocenters. The van der Waals surface area contributed by atoms with Crippen molar-refractivity contribution in [2.24, 2.45) is 0 Å². The van der Waals surface area contributed by atoms with Crippen molar-refractivity contribution in [2.45, 2.75) is 13.5 Å². The van der Waals surface area contributed by atoms with Crippen LogP contribution in [0.15, 0.2) is 36.4 Å². The van der Waals surface area contributed by atoms with E-state index in [1.54, 1.807) is 0 Å². The van der Waals surface area contributed by atoms with Crippen LogP contribution in [0.2, 0.25) is 0 Å². The van der Waals surface area contributed by atoms with E-state index in [1.807, 2.05) is 48.0 Å². The molecule has 2 aromatic rings. The lowest BCUT2D eigenvalue weighted by Gasteiger charge is -2.04. The largest absolute Gasteiger partial charge is 0.394 e. The summed E-state index contributed by atoms with van der Waals surface area (Å²) in [4.78, 5) is 0. The topological polar surface area (TPSA) is 38.0 Å². The number of benzene rings is 1. The maximum atomic E-state index is 8.94. The fourth-order valence-corrected chi connectivity index (χ4v) is 1.65. The molecule has 1 N–H and O–H groups in total. The van der Waals surface area contributed by atoms with Gasteiger partial charge in [-0.2, -0.15) is 5.10 Å². The molecule has 1 heterocycles. The predicted octanol–water partition coefficient (Wildman–Crippen LogP) is 1.85. The van der Waals surface area contributed by atoms with Crippen LogP contribution < -0.4 is 0 Å². The molecule has 0 bridgehead atoms. The summed E-state index contributed by atoms with van der Waals surface area (Å²) < 4.78 is 1.84. The van der Waals surface area contributed by atoms with Gasteiger partial charge in [-0.25, -0.2) is 0 Å². The number of aliphatic hydroxyl groups excluding tert-OH is 1. The molecule has 0 aliphatic carbocycles. The van der Waals surface area contributed by atoms with Gasteiger partial charge in [-0.1, -0.05) is 30.3 Å². The number of hydrogen-bond donors (Lipinski definition) is 1. The molecule has 78 valence electrons. The molecule has 3 nitrogen and oxygen atoms in total. The van der Waals surface area contributed by atoms with E-state index in [9.17, 15) is 0 Å². The monoisotopic (exact) mass is 202 g/mol. The van der Waals surface area contributed by atoms with Crippen molar-refractivity contribution in [3.63, 3.8) is 0 Å². The molecular formula is C12H14N2O. The quantitative estimate of drug-likeness (QED) is 0.824. The molecule has 0 atom stereocenters. The number of rotatable bonds is 3. The van der Waals surface area contributed by atoms with Crippen molar-refractivity contribution >= 4 is 0 Å². The van der Waals surface area contributed by atoms with Crippen molar-refractivity contribution in [1.82, 2.24) is 9.78 Å². The molecule has 1 aromatic carbocycles. The van der Waals surface area contributed by atoms with Crippen molar-refractivity contribution < 1.29 is 5.11 Å². The van der Waals surface area contributed by atoms with E-state index in [0.29, 0.717) is 6.54 Å². The summed E-state index contributed by atoms with van der Waals surface area (Å²) in [5.41, 5.74) is 3.16. The zero-order valence-electron chi connectivity index (χ0n) is 8.72. The molecule has 0 radical (unpaired) electrons. The maximum absolute atomic E-state index is 8.94. The van der Waals surface area contributed by atoms with Crippen LogP contribution in [-0.2, 0) is 6.54 Å². The molecule has 0 saturated heterocycles. The Morgan fingerprint density at radius 2 is 2.00 bits per heavy atom. The molecule has 0 aliphatic heterocycles. The Morgan fingerprint density at radius 3 is 2.67 bits per heavy atom. The van der Waals surface area contributed by atoms with Crippen molar-refractivity contribution in [1.29, 1.82) is 0 Å². The van der Waals surface area contributed by atoms with E-state index in [1.165, 1.54) is 0 Å². The smallest absolute Gasteiger partial charge is 0.0686 e. The van der Waals surface area contributed by atoms with Gasteiger partial charge in [0.05, 0.1) is 24.5 Å². The lowest BCUT2D eigenvalue weighted by atomic mass is 10.1. The first-order valence-corrected chi connectivity index (χ1v) is 5.02. The predicted molar refractivity (Wildman–Crippen MR) is 59.5 cm³/mol. The third-order valence-electron chi connectivity index (χ3n) is 2.28. The fraction of sp³-hybridized carbons (Fsp3) is 0.250. The summed E-state index contributed by atoms with van der Waals surface area (Å²) in [6.45, 7) is 2.61. The summed E-state index contributed by atoms with van der Waals surface area (Å²) in [5, 5.41) is 13.3. The minimum absolute atomic E-state index is 0.112.